The van der Waals surface area contributed by atoms with E-state index in [9.17, 15) is 20.1 Å². The quantitative estimate of drug-likeness (QED) is 0.248. The van der Waals surface area contributed by atoms with Gasteiger partial charge in [0.1, 0.15) is 18.5 Å². The van der Waals surface area contributed by atoms with Crippen LogP contribution in [0, 0.1) is 5.92 Å². The summed E-state index contributed by atoms with van der Waals surface area (Å²) in [6.45, 7) is 3.75. The number of rotatable bonds is 13. The number of para-hydroxylation sites is 1. The van der Waals surface area contributed by atoms with Crippen LogP contribution >= 0.6 is 0 Å². The molecule has 0 aromatic heterocycles. The molecule has 0 bridgehead atoms. The highest BCUT2D eigenvalue weighted by Gasteiger charge is 2.42. The van der Waals surface area contributed by atoms with Gasteiger partial charge < -0.3 is 29.5 Å². The topological polar surface area (TPSA) is 105 Å². The van der Waals surface area contributed by atoms with Gasteiger partial charge in [-0.05, 0) is 45.2 Å². The van der Waals surface area contributed by atoms with Crippen LogP contribution in [0.1, 0.15) is 46.0 Å². The number of allylic oxidation sites excluding steroid dienone is 2. The van der Waals surface area contributed by atoms with E-state index in [0.717, 1.165) is 6.42 Å². The first-order valence-corrected chi connectivity index (χ1v) is 11.0. The van der Waals surface area contributed by atoms with Gasteiger partial charge >= 0.3 is 5.97 Å². The van der Waals surface area contributed by atoms with E-state index < -0.39 is 24.4 Å². The molecule has 3 N–H and O–H groups in total. The van der Waals surface area contributed by atoms with Crippen LogP contribution in [-0.2, 0) is 14.3 Å². The van der Waals surface area contributed by atoms with Crippen molar-refractivity contribution in [3.05, 3.63) is 42.5 Å². The molecule has 0 saturated heterocycles. The number of carbonyl (C=O) groups excluding carboxylic acids is 1. The third-order valence-electron chi connectivity index (χ3n) is 5.14. The molecule has 31 heavy (non-hydrogen) atoms. The Morgan fingerprint density at radius 2 is 1.87 bits per heavy atom. The maximum atomic E-state index is 11.5. The molecule has 5 atom stereocenters. The standard InChI is InChI=1S/C24H36O7/c1-17(2)31-23(28)13-9-4-3-8-12-20-21(26)14-22(27)24(20)30-16-18(25)15-29-19-10-6-5-7-11-19/h3,5-8,10-11,17-18,20-22,24-27H,4,9,12-16H2,1-2H3/t18-,20-,21-,22+,24+/m0/s1. The van der Waals surface area contributed by atoms with Gasteiger partial charge in [0.15, 0.2) is 0 Å². The molecule has 2 rings (SSSR count). The number of unbranched alkanes of at least 4 members (excludes halogenated alkanes) is 1. The minimum Gasteiger partial charge on any atom is -0.491 e. The summed E-state index contributed by atoms with van der Waals surface area (Å²) >= 11 is 0. The average molecular weight is 437 g/mol. The SMILES string of the molecule is CC(C)OC(=O)CCCC=CC[C@@H]1[C@@H](OC[C@@H](O)COc2ccccc2)[C@H](O)C[C@@H]1O. The van der Waals surface area contributed by atoms with Gasteiger partial charge in [0.05, 0.1) is 31.0 Å². The van der Waals surface area contributed by atoms with Crippen LogP contribution < -0.4 is 4.74 Å². The minimum absolute atomic E-state index is 0.0134. The lowest BCUT2D eigenvalue weighted by atomic mass is 9.98. The second-order valence-corrected chi connectivity index (χ2v) is 8.25. The predicted molar refractivity (Wildman–Crippen MR) is 117 cm³/mol. The van der Waals surface area contributed by atoms with Crippen LogP contribution in [0.5, 0.6) is 5.75 Å². The normalized spacial score (nSPS) is 24.6. The fraction of sp³-hybridized carbons (Fsp3) is 0.625. The van der Waals surface area contributed by atoms with Crippen molar-refractivity contribution in [1.82, 2.24) is 0 Å². The third-order valence-corrected chi connectivity index (χ3v) is 5.14. The molecule has 1 aromatic carbocycles. The monoisotopic (exact) mass is 436 g/mol. The summed E-state index contributed by atoms with van der Waals surface area (Å²) in [5.74, 6) is 0.221. The van der Waals surface area contributed by atoms with E-state index >= 15 is 0 Å². The van der Waals surface area contributed by atoms with Crippen molar-refractivity contribution in [2.45, 2.75) is 76.5 Å². The van der Waals surface area contributed by atoms with Crippen molar-refractivity contribution in [3.63, 3.8) is 0 Å². The lowest BCUT2D eigenvalue weighted by Crippen LogP contribution is -2.34. The molecule has 1 aromatic rings. The lowest BCUT2D eigenvalue weighted by Gasteiger charge is -2.24. The van der Waals surface area contributed by atoms with Gasteiger partial charge in [-0.1, -0.05) is 30.4 Å². The number of aliphatic hydroxyl groups excluding tert-OH is 3. The summed E-state index contributed by atoms with van der Waals surface area (Å²) in [5.41, 5.74) is 0. The Morgan fingerprint density at radius 3 is 2.58 bits per heavy atom. The van der Waals surface area contributed by atoms with Gasteiger partial charge in [0.2, 0.25) is 0 Å². The molecule has 0 radical (unpaired) electrons. The molecule has 0 spiro atoms. The fourth-order valence-electron chi connectivity index (χ4n) is 3.62. The van der Waals surface area contributed by atoms with Gasteiger partial charge in [-0.3, -0.25) is 4.79 Å². The number of esters is 1. The number of benzene rings is 1. The first-order valence-electron chi connectivity index (χ1n) is 11.0. The van der Waals surface area contributed by atoms with E-state index in [-0.39, 0.29) is 37.6 Å². The number of hydrogen-bond donors (Lipinski definition) is 3. The summed E-state index contributed by atoms with van der Waals surface area (Å²) in [7, 11) is 0. The van der Waals surface area contributed by atoms with E-state index in [2.05, 4.69) is 0 Å². The molecule has 1 aliphatic carbocycles. The molecule has 1 fully saturated rings. The predicted octanol–water partition coefficient (Wildman–Crippen LogP) is 2.62. The minimum atomic E-state index is -0.841. The van der Waals surface area contributed by atoms with E-state index in [0.29, 0.717) is 25.0 Å². The van der Waals surface area contributed by atoms with E-state index in [1.54, 1.807) is 12.1 Å². The fourth-order valence-corrected chi connectivity index (χ4v) is 3.62. The Kier molecular flexibility index (Phi) is 11.0. The van der Waals surface area contributed by atoms with Crippen molar-refractivity contribution in [2.75, 3.05) is 13.2 Å². The molecule has 174 valence electrons. The highest BCUT2D eigenvalue weighted by Crippen LogP contribution is 2.32. The van der Waals surface area contributed by atoms with Crippen molar-refractivity contribution in [1.29, 1.82) is 0 Å². The van der Waals surface area contributed by atoms with Gasteiger partial charge in [-0.25, -0.2) is 0 Å². The van der Waals surface area contributed by atoms with Crippen molar-refractivity contribution in [2.24, 2.45) is 5.92 Å². The highest BCUT2D eigenvalue weighted by molar-refractivity contribution is 5.69. The van der Waals surface area contributed by atoms with Crippen LogP contribution in [0.2, 0.25) is 0 Å². The summed E-state index contributed by atoms with van der Waals surface area (Å²) in [5, 5.41) is 30.7. The van der Waals surface area contributed by atoms with E-state index in [4.69, 9.17) is 14.2 Å². The average Bonchev–Trinajstić information content (AvgIpc) is 3.00. The first-order chi connectivity index (χ1) is 14.9. The Balaban J connectivity index is 1.70. The van der Waals surface area contributed by atoms with Crippen molar-refractivity contribution in [3.8, 4) is 5.75 Å². The maximum absolute atomic E-state index is 11.5. The molecule has 1 saturated carbocycles. The molecule has 0 amide bonds. The number of carbonyl (C=O) groups is 1. The second-order valence-electron chi connectivity index (χ2n) is 8.25. The molecule has 7 nitrogen and oxygen atoms in total. The molecule has 7 heteroatoms. The maximum Gasteiger partial charge on any atom is 0.306 e. The summed E-state index contributed by atoms with van der Waals surface area (Å²) < 4.78 is 16.4. The Morgan fingerprint density at radius 1 is 1.13 bits per heavy atom. The molecule has 0 heterocycles. The van der Waals surface area contributed by atoms with Crippen molar-refractivity contribution < 1.29 is 34.3 Å². The van der Waals surface area contributed by atoms with Gasteiger partial charge in [-0.15, -0.1) is 0 Å². The first kappa shape index (κ1) is 25.3. The van der Waals surface area contributed by atoms with Crippen LogP contribution in [-0.4, -0.2) is 65.0 Å². The van der Waals surface area contributed by atoms with E-state index in [1.807, 2.05) is 44.2 Å². The summed E-state index contributed by atoms with van der Waals surface area (Å²) in [6, 6.07) is 9.20. The zero-order valence-corrected chi connectivity index (χ0v) is 18.4. The zero-order chi connectivity index (χ0) is 22.6. The van der Waals surface area contributed by atoms with Crippen LogP contribution in [0.4, 0.5) is 0 Å². The molecule has 1 aliphatic rings. The van der Waals surface area contributed by atoms with Gasteiger partial charge in [-0.2, -0.15) is 0 Å². The lowest BCUT2D eigenvalue weighted by molar-refractivity contribution is -0.147. The highest BCUT2D eigenvalue weighted by atomic mass is 16.5. The second kappa shape index (κ2) is 13.5. The third kappa shape index (κ3) is 9.39. The molecule has 0 aliphatic heterocycles. The Bertz CT molecular complexity index is 661. The molecular formula is C24H36O7. The molecular weight excluding hydrogens is 400 g/mol. The largest absolute Gasteiger partial charge is 0.491 e. The Hall–Kier alpha value is -1.93. The summed E-state index contributed by atoms with van der Waals surface area (Å²) in [4.78, 5) is 11.5. The number of hydrogen-bond acceptors (Lipinski definition) is 7. The van der Waals surface area contributed by atoms with Gasteiger partial charge in [0, 0.05) is 18.8 Å². The van der Waals surface area contributed by atoms with Crippen LogP contribution in [0.25, 0.3) is 0 Å². The molecule has 0 unspecified atom stereocenters. The van der Waals surface area contributed by atoms with Gasteiger partial charge in [0.25, 0.3) is 0 Å². The zero-order valence-electron chi connectivity index (χ0n) is 18.4. The summed E-state index contributed by atoms with van der Waals surface area (Å²) in [6.07, 6.45) is 3.61. The number of aliphatic hydroxyl groups is 3. The Labute approximate surface area is 184 Å². The van der Waals surface area contributed by atoms with E-state index in [1.165, 1.54) is 0 Å². The van der Waals surface area contributed by atoms with Crippen LogP contribution in [0.15, 0.2) is 42.5 Å². The van der Waals surface area contributed by atoms with Crippen LogP contribution in [0.3, 0.4) is 0 Å². The van der Waals surface area contributed by atoms with Crippen molar-refractivity contribution >= 4 is 5.97 Å². The number of ether oxygens (including phenoxy) is 3. The smallest absolute Gasteiger partial charge is 0.306 e.